The fraction of sp³-hybridized carbons (Fsp3) is 0.591. The smallest absolute Gasteiger partial charge is 0.305 e. The number of allylic oxidation sites excluding steroid dienone is 8. The van der Waals surface area contributed by atoms with E-state index in [9.17, 15) is 4.79 Å². The molecule has 0 saturated carbocycles. The Morgan fingerprint density at radius 2 is 1.17 bits per heavy atom. The second-order valence-electron chi connectivity index (χ2n) is 5.91. The highest BCUT2D eigenvalue weighted by Crippen LogP contribution is 2.03. The molecule has 0 aromatic carbocycles. The number of esters is 1. The minimum absolute atomic E-state index is 0.109. The summed E-state index contributed by atoms with van der Waals surface area (Å²) in [5.41, 5.74) is 0. The molecule has 0 bridgehead atoms. The summed E-state index contributed by atoms with van der Waals surface area (Å²) in [5, 5.41) is 0. The lowest BCUT2D eigenvalue weighted by Crippen LogP contribution is -1.98. The lowest BCUT2D eigenvalue weighted by molar-refractivity contribution is -0.140. The van der Waals surface area contributed by atoms with Gasteiger partial charge in [0, 0.05) is 6.42 Å². The zero-order chi connectivity index (χ0) is 17.7. The second-order valence-corrected chi connectivity index (χ2v) is 5.91. The van der Waals surface area contributed by atoms with E-state index >= 15 is 0 Å². The Morgan fingerprint density at radius 3 is 1.62 bits per heavy atom. The molecule has 2 heteroatoms. The van der Waals surface area contributed by atoms with Crippen molar-refractivity contribution in [2.75, 3.05) is 7.11 Å². The van der Waals surface area contributed by atoms with E-state index in [0.717, 1.165) is 38.5 Å². The zero-order valence-corrected chi connectivity index (χ0v) is 15.7. The Bertz CT molecular complexity index is 389. The number of rotatable bonds is 15. The van der Waals surface area contributed by atoms with Gasteiger partial charge in [-0.25, -0.2) is 0 Å². The summed E-state index contributed by atoms with van der Waals surface area (Å²) >= 11 is 0. The number of hydrogen-bond donors (Lipinski definition) is 0. The second kappa shape index (κ2) is 19.5. The van der Waals surface area contributed by atoms with Crippen LogP contribution in [0.25, 0.3) is 0 Å². The molecule has 0 spiro atoms. The molecule has 0 aromatic rings. The maximum absolute atomic E-state index is 10.9. The number of carbonyl (C=O) groups excluding carboxylic acids is 1. The number of unbranched alkanes of at least 4 members (excludes halogenated alkanes) is 5. The predicted molar refractivity (Wildman–Crippen MR) is 105 cm³/mol. The molecule has 0 N–H and O–H groups in total. The lowest BCUT2D eigenvalue weighted by atomic mass is 10.2. The van der Waals surface area contributed by atoms with Crippen LogP contribution in [0.3, 0.4) is 0 Å². The van der Waals surface area contributed by atoms with Gasteiger partial charge in [0.25, 0.3) is 0 Å². The van der Waals surface area contributed by atoms with Crippen molar-refractivity contribution < 1.29 is 9.53 Å². The average Bonchev–Trinajstić information content (AvgIpc) is 2.60. The third kappa shape index (κ3) is 18.5. The topological polar surface area (TPSA) is 26.3 Å². The fourth-order valence-electron chi connectivity index (χ4n) is 2.19. The summed E-state index contributed by atoms with van der Waals surface area (Å²) in [4.78, 5) is 10.9. The van der Waals surface area contributed by atoms with E-state index in [1.807, 2.05) is 0 Å². The van der Waals surface area contributed by atoms with Gasteiger partial charge in [-0.05, 0) is 51.4 Å². The van der Waals surface area contributed by atoms with Gasteiger partial charge in [-0.3, -0.25) is 4.79 Å². The molecule has 0 aliphatic carbocycles. The number of ether oxygens (including phenoxy) is 1. The molecule has 24 heavy (non-hydrogen) atoms. The van der Waals surface area contributed by atoms with Crippen molar-refractivity contribution in [1.82, 2.24) is 0 Å². The largest absolute Gasteiger partial charge is 0.469 e. The van der Waals surface area contributed by atoms with Crippen molar-refractivity contribution in [2.45, 2.75) is 77.6 Å². The third-order valence-electron chi connectivity index (χ3n) is 3.69. The highest BCUT2D eigenvalue weighted by molar-refractivity contribution is 5.68. The van der Waals surface area contributed by atoms with Crippen LogP contribution in [-0.4, -0.2) is 13.1 Å². The van der Waals surface area contributed by atoms with Crippen molar-refractivity contribution in [1.29, 1.82) is 0 Å². The van der Waals surface area contributed by atoms with Crippen LogP contribution in [0.1, 0.15) is 77.6 Å². The molecule has 0 heterocycles. The first-order valence-corrected chi connectivity index (χ1v) is 9.48. The van der Waals surface area contributed by atoms with Crippen LogP contribution < -0.4 is 0 Å². The monoisotopic (exact) mass is 332 g/mol. The summed E-state index contributed by atoms with van der Waals surface area (Å²) in [7, 11) is 1.44. The van der Waals surface area contributed by atoms with Crippen LogP contribution >= 0.6 is 0 Å². The summed E-state index contributed by atoms with van der Waals surface area (Å²) < 4.78 is 4.61. The number of hydrogen-bond acceptors (Lipinski definition) is 2. The first-order valence-electron chi connectivity index (χ1n) is 9.48. The quantitative estimate of drug-likeness (QED) is 0.189. The van der Waals surface area contributed by atoms with Gasteiger partial charge in [0.15, 0.2) is 0 Å². The Balaban J connectivity index is 3.40. The molecule has 0 aliphatic heterocycles. The van der Waals surface area contributed by atoms with Gasteiger partial charge >= 0.3 is 5.97 Å². The van der Waals surface area contributed by atoms with Crippen molar-refractivity contribution in [3.8, 4) is 0 Å². The van der Waals surface area contributed by atoms with E-state index in [0.29, 0.717) is 6.42 Å². The van der Waals surface area contributed by atoms with E-state index in [1.54, 1.807) is 0 Å². The Hall–Kier alpha value is -1.57. The van der Waals surface area contributed by atoms with Gasteiger partial charge in [0.05, 0.1) is 7.11 Å². The molecule has 0 saturated heterocycles. The molecule has 136 valence electrons. The van der Waals surface area contributed by atoms with Crippen molar-refractivity contribution in [3.05, 3.63) is 48.6 Å². The molecule has 2 nitrogen and oxygen atoms in total. The Kier molecular flexibility index (Phi) is 18.2. The summed E-state index contributed by atoms with van der Waals surface area (Å²) in [6, 6.07) is 0. The van der Waals surface area contributed by atoms with E-state index in [1.165, 1.54) is 32.8 Å². The zero-order valence-electron chi connectivity index (χ0n) is 15.7. The molecular weight excluding hydrogens is 296 g/mol. The molecular formula is C22H36O2. The first-order chi connectivity index (χ1) is 11.8. The lowest BCUT2D eigenvalue weighted by Gasteiger charge is -1.96. The molecule has 0 rings (SSSR count). The van der Waals surface area contributed by atoms with Crippen LogP contribution in [0, 0.1) is 0 Å². The molecule has 0 atom stereocenters. The van der Waals surface area contributed by atoms with E-state index < -0.39 is 0 Å². The van der Waals surface area contributed by atoms with Crippen molar-refractivity contribution in [3.63, 3.8) is 0 Å². The van der Waals surface area contributed by atoms with Gasteiger partial charge in [0.1, 0.15) is 0 Å². The molecule has 0 fully saturated rings. The maximum Gasteiger partial charge on any atom is 0.305 e. The molecule has 0 radical (unpaired) electrons. The van der Waals surface area contributed by atoms with Gasteiger partial charge in [0.2, 0.25) is 0 Å². The van der Waals surface area contributed by atoms with Crippen LogP contribution in [0.2, 0.25) is 0 Å². The third-order valence-corrected chi connectivity index (χ3v) is 3.69. The SMILES string of the molecule is CCCCC/C=C/C/C=C/C/C=C/C/C=C/CCCCC(=O)OC. The van der Waals surface area contributed by atoms with Crippen LogP contribution in [0.4, 0.5) is 0 Å². The number of methoxy groups -OCH3 is 1. The van der Waals surface area contributed by atoms with Crippen molar-refractivity contribution in [2.24, 2.45) is 0 Å². The van der Waals surface area contributed by atoms with Gasteiger partial charge in [-0.2, -0.15) is 0 Å². The Morgan fingerprint density at radius 1 is 0.708 bits per heavy atom. The van der Waals surface area contributed by atoms with Gasteiger partial charge in [-0.15, -0.1) is 0 Å². The maximum atomic E-state index is 10.9. The highest BCUT2D eigenvalue weighted by Gasteiger charge is 1.97. The summed E-state index contributed by atoms with van der Waals surface area (Å²) in [5.74, 6) is -0.109. The summed E-state index contributed by atoms with van der Waals surface area (Å²) in [6.07, 6.45) is 29.6. The number of carbonyl (C=O) groups is 1. The van der Waals surface area contributed by atoms with E-state index in [4.69, 9.17) is 0 Å². The van der Waals surface area contributed by atoms with E-state index in [2.05, 4.69) is 60.3 Å². The minimum atomic E-state index is -0.109. The van der Waals surface area contributed by atoms with Crippen LogP contribution in [-0.2, 0) is 9.53 Å². The van der Waals surface area contributed by atoms with Gasteiger partial charge in [-0.1, -0.05) is 68.4 Å². The normalized spacial score (nSPS) is 12.2. The van der Waals surface area contributed by atoms with Gasteiger partial charge < -0.3 is 4.74 Å². The van der Waals surface area contributed by atoms with Crippen LogP contribution in [0.5, 0.6) is 0 Å². The minimum Gasteiger partial charge on any atom is -0.469 e. The van der Waals surface area contributed by atoms with Crippen LogP contribution in [0.15, 0.2) is 48.6 Å². The Labute approximate surface area is 149 Å². The fourth-order valence-corrected chi connectivity index (χ4v) is 2.19. The van der Waals surface area contributed by atoms with Crippen molar-refractivity contribution >= 4 is 5.97 Å². The molecule has 0 aromatic heterocycles. The highest BCUT2D eigenvalue weighted by atomic mass is 16.5. The first kappa shape index (κ1) is 22.4. The summed E-state index contributed by atoms with van der Waals surface area (Å²) in [6.45, 7) is 2.24. The molecule has 0 aliphatic rings. The predicted octanol–water partition coefficient (Wildman–Crippen LogP) is 6.70. The van der Waals surface area contributed by atoms with E-state index in [-0.39, 0.29) is 5.97 Å². The molecule has 0 amide bonds. The standard InChI is InChI=1S/C22H36O2/c1-3-4-5-6-7-8-9-10-11-12-13-14-15-16-17-18-19-20-21-22(23)24-2/h7-8,10-11,13-14,16-17H,3-6,9,12,15,18-21H2,1-2H3/b8-7+,11-10+,14-13+,17-16+. The average molecular weight is 333 g/mol. The molecule has 0 unspecified atom stereocenters.